The molecule has 1 atom stereocenters. The second-order valence-electron chi connectivity index (χ2n) is 7.18. The van der Waals surface area contributed by atoms with E-state index in [9.17, 15) is 4.79 Å². The summed E-state index contributed by atoms with van der Waals surface area (Å²) in [5.41, 5.74) is 3.70. The Balaban J connectivity index is 2.39. The summed E-state index contributed by atoms with van der Waals surface area (Å²) < 4.78 is 0. The standard InChI is InChI=1S/C21H28N2O/c1-15-12-13-16(2)18(14-15)20(24)22-19(21(3,4)23(5)6)17-10-8-7-9-11-17/h7-14,19H,1-6H3,(H,22,24). The summed E-state index contributed by atoms with van der Waals surface area (Å²) in [6, 6.07) is 16.0. The van der Waals surface area contributed by atoms with Gasteiger partial charge >= 0.3 is 0 Å². The number of nitrogens with one attached hydrogen (secondary N) is 1. The summed E-state index contributed by atoms with van der Waals surface area (Å²) in [5.74, 6) is -0.0278. The van der Waals surface area contributed by atoms with Crippen molar-refractivity contribution in [3.8, 4) is 0 Å². The number of carbonyl (C=O) groups excluding carboxylic acids is 1. The topological polar surface area (TPSA) is 32.3 Å². The fourth-order valence-electron chi connectivity index (χ4n) is 2.76. The van der Waals surface area contributed by atoms with Crippen LogP contribution in [0.4, 0.5) is 0 Å². The summed E-state index contributed by atoms with van der Waals surface area (Å²) in [6.45, 7) is 8.28. The molecular weight excluding hydrogens is 296 g/mol. The zero-order valence-electron chi connectivity index (χ0n) is 15.6. The zero-order valence-corrected chi connectivity index (χ0v) is 15.6. The lowest BCUT2D eigenvalue weighted by Crippen LogP contribution is -2.50. The van der Waals surface area contributed by atoms with Gasteiger partial charge in [-0.15, -0.1) is 0 Å². The molecule has 2 aromatic carbocycles. The van der Waals surface area contributed by atoms with E-state index in [1.54, 1.807) is 0 Å². The van der Waals surface area contributed by atoms with Crippen LogP contribution in [0.1, 0.15) is 46.9 Å². The Bertz CT molecular complexity index is 705. The molecule has 3 nitrogen and oxygen atoms in total. The number of carbonyl (C=O) groups is 1. The summed E-state index contributed by atoms with van der Waals surface area (Å²) >= 11 is 0. The van der Waals surface area contributed by atoms with Gasteiger partial charge in [0.25, 0.3) is 5.91 Å². The van der Waals surface area contributed by atoms with Crippen molar-refractivity contribution in [1.29, 1.82) is 0 Å². The molecule has 2 aromatic rings. The number of rotatable bonds is 5. The Kier molecular flexibility index (Phi) is 5.45. The summed E-state index contributed by atoms with van der Waals surface area (Å²) in [7, 11) is 4.08. The second kappa shape index (κ2) is 7.18. The average molecular weight is 324 g/mol. The molecule has 0 spiro atoms. The molecule has 0 fully saturated rings. The maximum atomic E-state index is 12.9. The van der Waals surface area contributed by atoms with Crippen molar-refractivity contribution in [2.75, 3.05) is 14.1 Å². The molecule has 24 heavy (non-hydrogen) atoms. The van der Waals surface area contributed by atoms with E-state index in [0.717, 1.165) is 22.3 Å². The lowest BCUT2D eigenvalue weighted by Gasteiger charge is -2.41. The maximum absolute atomic E-state index is 12.9. The van der Waals surface area contributed by atoms with Gasteiger partial charge in [0.2, 0.25) is 0 Å². The van der Waals surface area contributed by atoms with E-state index in [2.05, 4.69) is 36.2 Å². The van der Waals surface area contributed by atoms with E-state index in [4.69, 9.17) is 0 Å². The normalized spacial score (nSPS) is 13.0. The third-order valence-corrected chi connectivity index (χ3v) is 4.91. The number of amides is 1. The molecule has 0 heterocycles. The predicted molar refractivity (Wildman–Crippen MR) is 100 cm³/mol. The van der Waals surface area contributed by atoms with Gasteiger partial charge in [0, 0.05) is 11.1 Å². The lowest BCUT2D eigenvalue weighted by atomic mass is 9.87. The van der Waals surface area contributed by atoms with Crippen LogP contribution in [0.25, 0.3) is 0 Å². The van der Waals surface area contributed by atoms with E-state index in [1.807, 2.05) is 64.3 Å². The predicted octanol–water partition coefficient (Wildman–Crippen LogP) is 4.11. The first-order valence-corrected chi connectivity index (χ1v) is 8.34. The number of nitrogens with zero attached hydrogens (tertiary/aromatic N) is 1. The van der Waals surface area contributed by atoms with Crippen molar-refractivity contribution < 1.29 is 4.79 Å². The van der Waals surface area contributed by atoms with Crippen molar-refractivity contribution in [1.82, 2.24) is 10.2 Å². The molecular formula is C21H28N2O. The molecule has 1 amide bonds. The van der Waals surface area contributed by atoms with E-state index in [-0.39, 0.29) is 17.5 Å². The van der Waals surface area contributed by atoms with Gasteiger partial charge in [-0.25, -0.2) is 0 Å². The Labute approximate surface area is 145 Å². The summed E-state index contributed by atoms with van der Waals surface area (Å²) in [5, 5.41) is 3.26. The monoisotopic (exact) mass is 324 g/mol. The highest BCUT2D eigenvalue weighted by Gasteiger charge is 2.34. The van der Waals surface area contributed by atoms with Gasteiger partial charge < -0.3 is 10.2 Å². The molecule has 0 saturated heterocycles. The van der Waals surface area contributed by atoms with E-state index < -0.39 is 0 Å². The number of benzene rings is 2. The highest BCUT2D eigenvalue weighted by atomic mass is 16.1. The first kappa shape index (κ1) is 18.2. The molecule has 0 aliphatic rings. The largest absolute Gasteiger partial charge is 0.343 e. The Morgan fingerprint density at radius 2 is 1.67 bits per heavy atom. The number of likely N-dealkylation sites (N-methyl/N-ethyl adjacent to an activating group) is 1. The van der Waals surface area contributed by atoms with Crippen molar-refractivity contribution in [3.05, 3.63) is 70.8 Å². The third-order valence-electron chi connectivity index (χ3n) is 4.91. The Morgan fingerprint density at radius 3 is 2.25 bits per heavy atom. The first-order valence-electron chi connectivity index (χ1n) is 8.34. The van der Waals surface area contributed by atoms with Crippen LogP contribution < -0.4 is 5.32 Å². The quantitative estimate of drug-likeness (QED) is 0.897. The minimum atomic E-state index is -0.227. The number of hydrogen-bond donors (Lipinski definition) is 1. The molecule has 1 unspecified atom stereocenters. The summed E-state index contributed by atoms with van der Waals surface area (Å²) in [6.07, 6.45) is 0. The second-order valence-corrected chi connectivity index (χ2v) is 7.18. The average Bonchev–Trinajstić information content (AvgIpc) is 2.55. The first-order chi connectivity index (χ1) is 11.2. The smallest absolute Gasteiger partial charge is 0.252 e. The molecule has 0 saturated carbocycles. The minimum Gasteiger partial charge on any atom is -0.343 e. The van der Waals surface area contributed by atoms with Crippen LogP contribution >= 0.6 is 0 Å². The van der Waals surface area contributed by atoms with E-state index in [0.29, 0.717) is 0 Å². The van der Waals surface area contributed by atoms with Gasteiger partial charge in [0.05, 0.1) is 6.04 Å². The van der Waals surface area contributed by atoms with Crippen LogP contribution in [0.15, 0.2) is 48.5 Å². The molecule has 3 heteroatoms. The van der Waals surface area contributed by atoms with Gasteiger partial charge in [-0.2, -0.15) is 0 Å². The van der Waals surface area contributed by atoms with Crippen molar-refractivity contribution in [2.24, 2.45) is 0 Å². The fourth-order valence-corrected chi connectivity index (χ4v) is 2.76. The molecule has 0 bridgehead atoms. The molecule has 0 aliphatic carbocycles. The molecule has 0 aromatic heterocycles. The minimum absolute atomic E-state index is 0.0278. The highest BCUT2D eigenvalue weighted by Crippen LogP contribution is 2.30. The van der Waals surface area contributed by atoms with Crippen LogP contribution in [0, 0.1) is 13.8 Å². The summed E-state index contributed by atoms with van der Waals surface area (Å²) in [4.78, 5) is 15.1. The fraction of sp³-hybridized carbons (Fsp3) is 0.381. The molecule has 1 N–H and O–H groups in total. The van der Waals surface area contributed by atoms with Crippen LogP contribution in [-0.2, 0) is 0 Å². The Hall–Kier alpha value is -2.13. The molecule has 2 rings (SSSR count). The van der Waals surface area contributed by atoms with Gasteiger partial charge in [0.1, 0.15) is 0 Å². The lowest BCUT2D eigenvalue weighted by molar-refractivity contribution is 0.0839. The van der Waals surface area contributed by atoms with Crippen LogP contribution in [-0.4, -0.2) is 30.4 Å². The van der Waals surface area contributed by atoms with Crippen LogP contribution in [0.3, 0.4) is 0 Å². The SMILES string of the molecule is Cc1ccc(C)c(C(=O)NC(c2ccccc2)C(C)(C)N(C)C)c1. The van der Waals surface area contributed by atoms with Gasteiger partial charge in [0.15, 0.2) is 0 Å². The van der Waals surface area contributed by atoms with Gasteiger partial charge in [-0.05, 0) is 59.0 Å². The zero-order chi connectivity index (χ0) is 17.9. The molecule has 0 radical (unpaired) electrons. The number of aryl methyl sites for hydroxylation is 2. The molecule has 128 valence electrons. The third kappa shape index (κ3) is 3.85. The van der Waals surface area contributed by atoms with Gasteiger partial charge in [-0.3, -0.25) is 4.79 Å². The van der Waals surface area contributed by atoms with Crippen molar-refractivity contribution in [2.45, 2.75) is 39.3 Å². The van der Waals surface area contributed by atoms with Crippen molar-refractivity contribution >= 4 is 5.91 Å². The van der Waals surface area contributed by atoms with Crippen LogP contribution in [0.5, 0.6) is 0 Å². The maximum Gasteiger partial charge on any atom is 0.252 e. The van der Waals surface area contributed by atoms with E-state index in [1.165, 1.54) is 0 Å². The van der Waals surface area contributed by atoms with Gasteiger partial charge in [-0.1, -0.05) is 48.0 Å². The van der Waals surface area contributed by atoms with E-state index >= 15 is 0 Å². The number of hydrogen-bond acceptors (Lipinski definition) is 2. The van der Waals surface area contributed by atoms with Crippen LogP contribution in [0.2, 0.25) is 0 Å². The highest BCUT2D eigenvalue weighted by molar-refractivity contribution is 5.96. The van der Waals surface area contributed by atoms with Crippen molar-refractivity contribution in [3.63, 3.8) is 0 Å². The molecule has 0 aliphatic heterocycles. The Morgan fingerprint density at radius 1 is 1.04 bits per heavy atom.